The number of hydrogen-bond acceptors (Lipinski definition) is 5. The number of nitrogens with zero attached hydrogens (tertiary/aromatic N) is 2. The van der Waals surface area contributed by atoms with E-state index in [-0.39, 0.29) is 31.8 Å². The zero-order valence-electron chi connectivity index (χ0n) is 18.0. The van der Waals surface area contributed by atoms with Gasteiger partial charge in [0.05, 0.1) is 38.3 Å². The van der Waals surface area contributed by atoms with E-state index in [2.05, 4.69) is 10.1 Å². The summed E-state index contributed by atoms with van der Waals surface area (Å²) in [5.74, 6) is -3.98. The van der Waals surface area contributed by atoms with Crippen molar-refractivity contribution in [2.75, 3.05) is 16.8 Å². The van der Waals surface area contributed by atoms with Gasteiger partial charge in [0.25, 0.3) is 5.91 Å². The van der Waals surface area contributed by atoms with Crippen molar-refractivity contribution in [2.45, 2.75) is 31.0 Å². The van der Waals surface area contributed by atoms with E-state index in [9.17, 15) is 23.2 Å². The Morgan fingerprint density at radius 3 is 2.36 bits per heavy atom. The molecule has 0 radical (unpaired) electrons. The number of benzene rings is 2. The predicted octanol–water partition coefficient (Wildman–Crippen LogP) is 5.33. The molecule has 3 amide bonds. The molecule has 1 spiro atoms. The van der Waals surface area contributed by atoms with Crippen LogP contribution in [-0.2, 0) is 19.9 Å². The number of carbonyl (C=O) groups excluding carboxylic acids is 3. The fourth-order valence-electron chi connectivity index (χ4n) is 6.36. The van der Waals surface area contributed by atoms with Crippen LogP contribution in [-0.4, -0.2) is 41.8 Å². The first-order valence-corrected chi connectivity index (χ1v) is 12.5. The summed E-state index contributed by atoms with van der Waals surface area (Å²) in [4.78, 5) is 44.3. The first-order chi connectivity index (χ1) is 17.1. The zero-order valence-corrected chi connectivity index (χ0v) is 21.1. The van der Waals surface area contributed by atoms with E-state index < -0.39 is 47.5 Å². The number of halogens is 6. The van der Waals surface area contributed by atoms with E-state index in [4.69, 9.17) is 46.4 Å². The third kappa shape index (κ3) is 3.04. The second-order valence-electron chi connectivity index (χ2n) is 9.07. The first kappa shape index (κ1) is 24.2. The monoisotopic (exact) mass is 575 g/mol. The maximum Gasteiger partial charge on any atom is 0.387 e. The van der Waals surface area contributed by atoms with Crippen molar-refractivity contribution in [1.29, 1.82) is 0 Å². The molecule has 6 rings (SSSR count). The molecule has 0 aromatic heterocycles. The van der Waals surface area contributed by atoms with Crippen molar-refractivity contribution in [3.8, 4) is 5.75 Å². The van der Waals surface area contributed by atoms with Gasteiger partial charge in [-0.15, -0.1) is 0 Å². The highest BCUT2D eigenvalue weighted by molar-refractivity contribution is 6.39. The van der Waals surface area contributed by atoms with Crippen LogP contribution in [0.2, 0.25) is 20.1 Å². The summed E-state index contributed by atoms with van der Waals surface area (Å²) in [6.45, 7) is -2.67. The minimum absolute atomic E-state index is 0.00142. The summed E-state index contributed by atoms with van der Waals surface area (Å²) in [7, 11) is 0. The molecule has 4 heterocycles. The van der Waals surface area contributed by atoms with Gasteiger partial charge in [0, 0.05) is 16.6 Å². The lowest BCUT2D eigenvalue weighted by molar-refractivity contribution is -0.135. The highest BCUT2D eigenvalue weighted by Crippen LogP contribution is 2.62. The van der Waals surface area contributed by atoms with Gasteiger partial charge in [0.15, 0.2) is 5.75 Å². The van der Waals surface area contributed by atoms with Crippen LogP contribution >= 0.6 is 46.4 Å². The van der Waals surface area contributed by atoms with Gasteiger partial charge < -0.3 is 10.1 Å². The lowest BCUT2D eigenvalue weighted by Crippen LogP contribution is -2.54. The Kier molecular flexibility index (Phi) is 5.48. The standard InChI is InChI=1S/C23H15Cl4F2N3O4/c24-8-4-10-17(11(25)5-8)30-21(35)23(10)16-15(14-2-1-3-31(14)23)19(33)32(20(16)34)9-6-12(26)18(13(27)7-9)36-22(28)29/h4-7,14-16,22H,1-3H2,(H,30,35). The normalized spacial score (nSPS) is 28.8. The minimum atomic E-state index is -3.17. The molecular weight excluding hydrogens is 562 g/mol. The van der Waals surface area contributed by atoms with E-state index in [1.807, 2.05) is 4.90 Å². The fraction of sp³-hybridized carbons (Fsp3) is 0.348. The SMILES string of the molecule is O=C1C2C3CCCN3C3(C(=O)Nc4c(Cl)cc(Cl)cc43)C2C(=O)N1c1cc(Cl)c(OC(F)F)c(Cl)c1. The van der Waals surface area contributed by atoms with Crippen LogP contribution in [0.25, 0.3) is 0 Å². The summed E-state index contributed by atoms with van der Waals surface area (Å²) in [5, 5.41) is 2.72. The summed E-state index contributed by atoms with van der Waals surface area (Å²) < 4.78 is 29.9. The number of rotatable bonds is 3. The molecule has 36 heavy (non-hydrogen) atoms. The third-order valence-electron chi connectivity index (χ3n) is 7.47. The highest BCUT2D eigenvalue weighted by atomic mass is 35.5. The number of carbonyl (C=O) groups is 3. The van der Waals surface area contributed by atoms with Gasteiger partial charge in [-0.25, -0.2) is 4.90 Å². The number of imide groups is 1. The number of hydrogen-bond donors (Lipinski definition) is 1. The molecule has 3 saturated heterocycles. The number of anilines is 2. The van der Waals surface area contributed by atoms with E-state index in [0.29, 0.717) is 24.2 Å². The molecule has 2 aromatic carbocycles. The average molecular weight is 577 g/mol. The maximum atomic E-state index is 14.0. The topological polar surface area (TPSA) is 79.0 Å². The summed E-state index contributed by atoms with van der Waals surface area (Å²) in [6.07, 6.45) is 1.33. The molecule has 4 atom stereocenters. The minimum Gasteiger partial charge on any atom is -0.432 e. The predicted molar refractivity (Wildman–Crippen MR) is 129 cm³/mol. The molecule has 2 aromatic rings. The van der Waals surface area contributed by atoms with Crippen LogP contribution in [0.3, 0.4) is 0 Å². The van der Waals surface area contributed by atoms with Crippen LogP contribution in [0.4, 0.5) is 20.2 Å². The van der Waals surface area contributed by atoms with Gasteiger partial charge in [-0.05, 0) is 43.7 Å². The van der Waals surface area contributed by atoms with E-state index in [1.54, 1.807) is 6.07 Å². The van der Waals surface area contributed by atoms with Crippen LogP contribution in [0, 0.1) is 11.8 Å². The second kappa shape index (κ2) is 8.16. The molecule has 3 fully saturated rings. The molecule has 0 saturated carbocycles. The number of amides is 3. The van der Waals surface area contributed by atoms with Crippen molar-refractivity contribution < 1.29 is 27.9 Å². The van der Waals surface area contributed by atoms with Gasteiger partial charge >= 0.3 is 6.61 Å². The summed E-state index contributed by atoms with van der Waals surface area (Å²) in [5.41, 5.74) is -0.679. The number of nitrogens with one attached hydrogen (secondary N) is 1. The van der Waals surface area contributed by atoms with Crippen LogP contribution in [0.1, 0.15) is 18.4 Å². The molecule has 1 N–H and O–H groups in total. The fourth-order valence-corrected chi connectivity index (χ4v) is 7.46. The molecule has 188 valence electrons. The van der Waals surface area contributed by atoms with E-state index >= 15 is 0 Å². The van der Waals surface area contributed by atoms with Crippen LogP contribution in [0.15, 0.2) is 24.3 Å². The Labute approximate surface area is 223 Å². The van der Waals surface area contributed by atoms with E-state index in [0.717, 1.165) is 23.5 Å². The van der Waals surface area contributed by atoms with Gasteiger partial charge in [-0.1, -0.05) is 46.4 Å². The van der Waals surface area contributed by atoms with Crippen molar-refractivity contribution in [3.63, 3.8) is 0 Å². The zero-order chi connectivity index (χ0) is 25.7. The Hall–Kier alpha value is -2.17. The average Bonchev–Trinajstić information content (AvgIpc) is 3.49. The molecule has 4 aliphatic heterocycles. The maximum absolute atomic E-state index is 14.0. The Bertz CT molecular complexity index is 1350. The van der Waals surface area contributed by atoms with Crippen LogP contribution < -0.4 is 15.0 Å². The lowest BCUT2D eigenvalue weighted by atomic mass is 9.75. The second-order valence-corrected chi connectivity index (χ2v) is 10.7. The molecular formula is C23H15Cl4F2N3O4. The van der Waals surface area contributed by atoms with Gasteiger partial charge in [-0.3, -0.25) is 19.3 Å². The Balaban J connectivity index is 1.51. The van der Waals surface area contributed by atoms with Crippen molar-refractivity contribution in [2.24, 2.45) is 11.8 Å². The van der Waals surface area contributed by atoms with Crippen molar-refractivity contribution >= 4 is 75.5 Å². The van der Waals surface area contributed by atoms with Gasteiger partial charge in [0.1, 0.15) is 5.54 Å². The molecule has 4 unspecified atom stereocenters. The third-order valence-corrected chi connectivity index (χ3v) is 8.54. The summed E-state index contributed by atoms with van der Waals surface area (Å²) >= 11 is 24.9. The molecule has 4 aliphatic rings. The number of alkyl halides is 2. The number of ether oxygens (including phenoxy) is 1. The van der Waals surface area contributed by atoms with E-state index in [1.165, 1.54) is 6.07 Å². The van der Waals surface area contributed by atoms with Crippen molar-refractivity contribution in [3.05, 3.63) is 49.9 Å². The Morgan fingerprint density at radius 2 is 1.69 bits per heavy atom. The molecule has 7 nitrogen and oxygen atoms in total. The van der Waals surface area contributed by atoms with Gasteiger partial charge in [0.2, 0.25) is 11.8 Å². The van der Waals surface area contributed by atoms with Crippen LogP contribution in [0.5, 0.6) is 5.75 Å². The largest absolute Gasteiger partial charge is 0.432 e. The quantitative estimate of drug-likeness (QED) is 0.500. The highest BCUT2D eigenvalue weighted by Gasteiger charge is 2.74. The molecule has 13 heteroatoms. The smallest absolute Gasteiger partial charge is 0.387 e. The van der Waals surface area contributed by atoms with Crippen molar-refractivity contribution in [1.82, 2.24) is 4.90 Å². The summed E-state index contributed by atoms with van der Waals surface area (Å²) in [6, 6.07) is 5.05. The first-order valence-electron chi connectivity index (χ1n) is 11.0. The number of fused-ring (bicyclic) bond motifs is 7. The lowest BCUT2D eigenvalue weighted by Gasteiger charge is -2.36. The van der Waals surface area contributed by atoms with Gasteiger partial charge in [-0.2, -0.15) is 8.78 Å². The molecule has 0 bridgehead atoms. The molecule has 0 aliphatic carbocycles. The Morgan fingerprint density at radius 1 is 1.00 bits per heavy atom.